The Balaban J connectivity index is 2.34. The number of amides is 1. The number of thiazole rings is 1. The Hall–Kier alpha value is -2.09. The number of aromatic nitrogens is 1. The summed E-state index contributed by atoms with van der Waals surface area (Å²) < 4.78 is 5.16. The third kappa shape index (κ3) is 1.72. The lowest BCUT2D eigenvalue weighted by Crippen LogP contribution is -2.31. The summed E-state index contributed by atoms with van der Waals surface area (Å²) in [7, 11) is 0. The summed E-state index contributed by atoms with van der Waals surface area (Å²) in [6.45, 7) is 1.42. The van der Waals surface area contributed by atoms with Gasteiger partial charge in [0, 0.05) is 11.6 Å². The van der Waals surface area contributed by atoms with Crippen molar-refractivity contribution in [2.75, 3.05) is 0 Å². The molecule has 2 rings (SSSR count). The number of carboxylic acid groups (broad SMARTS) is 1. The number of aliphatic hydroxyl groups is 1. The van der Waals surface area contributed by atoms with Gasteiger partial charge in [-0.15, -0.1) is 11.3 Å². The van der Waals surface area contributed by atoms with Gasteiger partial charge in [0.2, 0.25) is 17.2 Å². The molecule has 0 fully saturated rings. The van der Waals surface area contributed by atoms with Gasteiger partial charge < -0.3 is 14.9 Å². The lowest BCUT2D eigenvalue weighted by Gasteiger charge is -2.19. The monoisotopic (exact) mass is 256 g/mol. The number of nitrogens with one attached hydrogen (secondary N) is 1. The van der Waals surface area contributed by atoms with Crippen LogP contribution in [0.15, 0.2) is 23.2 Å². The average molecular weight is 256 g/mol. The molecule has 0 saturated carbocycles. The zero-order valence-electron chi connectivity index (χ0n) is 8.63. The van der Waals surface area contributed by atoms with Crippen molar-refractivity contribution in [3.05, 3.63) is 28.2 Å². The molecule has 3 N–H and O–H groups in total. The van der Waals surface area contributed by atoms with Crippen molar-refractivity contribution < 1.29 is 24.5 Å². The lowest BCUT2D eigenvalue weighted by molar-refractivity contribution is -0.131. The van der Waals surface area contributed by atoms with E-state index < -0.39 is 29.1 Å². The summed E-state index contributed by atoms with van der Waals surface area (Å²) in [5.74, 6) is -1.94. The van der Waals surface area contributed by atoms with E-state index in [2.05, 4.69) is 4.98 Å². The largest absolute Gasteiger partial charge is 0.501 e. The summed E-state index contributed by atoms with van der Waals surface area (Å²) in [5, 5.41) is 21.8. The Bertz CT molecular complexity index is 509. The third-order valence-corrected chi connectivity index (χ3v) is 3.21. The number of aliphatic hydroxyl groups excluding tert-OH is 1. The molecule has 0 bridgehead atoms. The van der Waals surface area contributed by atoms with E-state index in [1.807, 2.05) is 5.32 Å². The number of Topliss-reactive ketones (excluding diaryl/α,β-unsaturated/α-hetero) is 1. The first-order valence-electron chi connectivity index (χ1n) is 4.52. The fraction of sp³-hybridized carbons (Fsp3) is 0.222. The van der Waals surface area contributed by atoms with Crippen LogP contribution in [0.2, 0.25) is 0 Å². The highest BCUT2D eigenvalue weighted by molar-refractivity contribution is 7.09. The first-order chi connectivity index (χ1) is 7.95. The van der Waals surface area contributed by atoms with Crippen LogP contribution in [0.1, 0.15) is 11.9 Å². The molecule has 1 aromatic rings. The van der Waals surface area contributed by atoms with Gasteiger partial charge in [-0.05, 0) is 6.92 Å². The second kappa shape index (κ2) is 3.74. The summed E-state index contributed by atoms with van der Waals surface area (Å²) in [6, 6.07) is 0. The molecule has 0 aromatic carbocycles. The molecule has 1 aliphatic rings. The number of ether oxygens (including phenoxy) is 1. The molecular weight excluding hydrogens is 248 g/mol. The molecule has 1 amide bonds. The van der Waals surface area contributed by atoms with Crippen LogP contribution in [-0.4, -0.2) is 27.1 Å². The van der Waals surface area contributed by atoms with Crippen LogP contribution in [0.3, 0.4) is 0 Å². The van der Waals surface area contributed by atoms with Gasteiger partial charge >= 0.3 is 6.09 Å². The fourth-order valence-electron chi connectivity index (χ4n) is 1.41. The molecule has 2 heterocycles. The van der Waals surface area contributed by atoms with E-state index in [0.29, 0.717) is 5.01 Å². The predicted molar refractivity (Wildman–Crippen MR) is 56.4 cm³/mol. The van der Waals surface area contributed by atoms with Gasteiger partial charge in [-0.2, -0.15) is 0 Å². The van der Waals surface area contributed by atoms with Crippen LogP contribution < -0.4 is 5.32 Å². The van der Waals surface area contributed by atoms with Crippen molar-refractivity contribution in [2.24, 2.45) is 0 Å². The highest BCUT2D eigenvalue weighted by Crippen LogP contribution is 2.37. The number of nitrogens with zero attached hydrogens (tertiary/aromatic N) is 1. The van der Waals surface area contributed by atoms with E-state index in [4.69, 9.17) is 9.84 Å². The number of carbonyl (C=O) groups is 2. The maximum Gasteiger partial charge on any atom is 0.411 e. The van der Waals surface area contributed by atoms with Crippen LogP contribution in [-0.2, 0) is 15.1 Å². The number of ketones is 1. The Kier molecular flexibility index (Phi) is 2.50. The highest BCUT2D eigenvalue weighted by Gasteiger charge is 2.50. The fourth-order valence-corrected chi connectivity index (χ4v) is 2.14. The molecular formula is C9H8N2O5S. The van der Waals surface area contributed by atoms with Gasteiger partial charge in [-0.1, -0.05) is 0 Å². The van der Waals surface area contributed by atoms with Crippen LogP contribution >= 0.6 is 11.3 Å². The Morgan fingerprint density at radius 3 is 2.88 bits per heavy atom. The molecule has 1 unspecified atom stereocenters. The first-order valence-corrected chi connectivity index (χ1v) is 5.40. The zero-order chi connectivity index (χ0) is 12.6. The van der Waals surface area contributed by atoms with Crippen molar-refractivity contribution in [1.82, 2.24) is 10.3 Å². The number of hydrogen-bond donors (Lipinski definition) is 3. The molecule has 90 valence electrons. The minimum atomic E-state index is -1.48. The Labute approximate surface area is 99.4 Å². The number of rotatable bonds is 2. The molecule has 8 heteroatoms. The van der Waals surface area contributed by atoms with Crippen molar-refractivity contribution in [2.45, 2.75) is 12.5 Å². The molecule has 0 saturated heterocycles. The zero-order valence-corrected chi connectivity index (χ0v) is 9.45. The van der Waals surface area contributed by atoms with Gasteiger partial charge in [0.1, 0.15) is 5.01 Å². The molecule has 7 nitrogen and oxygen atoms in total. The molecule has 17 heavy (non-hydrogen) atoms. The maximum absolute atomic E-state index is 11.8. The normalized spacial score (nSPS) is 23.7. The lowest BCUT2D eigenvalue weighted by atomic mass is 10.0. The third-order valence-electron chi connectivity index (χ3n) is 2.23. The van der Waals surface area contributed by atoms with Crippen LogP contribution in [0, 0.1) is 0 Å². The topological polar surface area (TPSA) is 109 Å². The number of hydrogen-bond acceptors (Lipinski definition) is 6. The van der Waals surface area contributed by atoms with E-state index >= 15 is 0 Å². The molecule has 1 aromatic heterocycles. The molecule has 1 atom stereocenters. The van der Waals surface area contributed by atoms with Gasteiger partial charge in [0.25, 0.3) is 5.78 Å². The molecule has 0 radical (unpaired) electrons. The summed E-state index contributed by atoms with van der Waals surface area (Å²) in [6.07, 6.45) is 0.0596. The van der Waals surface area contributed by atoms with Crippen molar-refractivity contribution >= 4 is 23.2 Å². The second-order valence-corrected chi connectivity index (χ2v) is 4.30. The Morgan fingerprint density at radius 1 is 1.65 bits per heavy atom. The maximum atomic E-state index is 11.8. The summed E-state index contributed by atoms with van der Waals surface area (Å²) in [4.78, 5) is 26.2. The van der Waals surface area contributed by atoms with Crippen molar-refractivity contribution in [3.63, 3.8) is 0 Å². The van der Waals surface area contributed by atoms with Gasteiger partial charge in [0.05, 0.1) is 0 Å². The average Bonchev–Trinajstić information content (AvgIpc) is 2.84. The van der Waals surface area contributed by atoms with E-state index in [1.165, 1.54) is 24.5 Å². The second-order valence-electron chi connectivity index (χ2n) is 3.41. The minimum Gasteiger partial charge on any atom is -0.501 e. The quantitative estimate of drug-likeness (QED) is 0.727. The van der Waals surface area contributed by atoms with Gasteiger partial charge in [-0.25, -0.2) is 9.78 Å². The first kappa shape index (κ1) is 11.4. The van der Waals surface area contributed by atoms with Gasteiger partial charge in [0.15, 0.2) is 0 Å². The van der Waals surface area contributed by atoms with E-state index in [0.717, 1.165) is 0 Å². The van der Waals surface area contributed by atoms with Crippen LogP contribution in [0.25, 0.3) is 0 Å². The molecule has 0 spiro atoms. The van der Waals surface area contributed by atoms with Crippen molar-refractivity contribution in [1.29, 1.82) is 0 Å². The van der Waals surface area contributed by atoms with E-state index in [1.54, 1.807) is 5.38 Å². The Morgan fingerprint density at radius 2 is 2.35 bits per heavy atom. The molecule has 0 aliphatic carbocycles. The SMILES string of the molecule is CC1(c2nccs2)OC(NC(=O)O)=C(O)C1=O. The van der Waals surface area contributed by atoms with E-state index in [-0.39, 0.29) is 0 Å². The van der Waals surface area contributed by atoms with E-state index in [9.17, 15) is 14.7 Å². The predicted octanol–water partition coefficient (Wildman–Crippen LogP) is 0.952. The molecule has 1 aliphatic heterocycles. The standard InChI is InChI=1S/C9H8N2O5S/c1-9(7-10-2-3-17-7)5(13)4(12)6(16-9)11-8(14)15/h2-3,11-12H,1H3,(H,14,15). The summed E-state index contributed by atoms with van der Waals surface area (Å²) in [5.41, 5.74) is -1.48. The van der Waals surface area contributed by atoms with Crippen LogP contribution in [0.5, 0.6) is 0 Å². The summed E-state index contributed by atoms with van der Waals surface area (Å²) >= 11 is 1.18. The van der Waals surface area contributed by atoms with Crippen molar-refractivity contribution in [3.8, 4) is 0 Å². The minimum absolute atomic E-state index is 0.344. The van der Waals surface area contributed by atoms with Gasteiger partial charge in [-0.3, -0.25) is 10.1 Å². The van der Waals surface area contributed by atoms with Crippen LogP contribution in [0.4, 0.5) is 4.79 Å². The number of carbonyl (C=O) groups excluding carboxylic acids is 1. The highest BCUT2D eigenvalue weighted by atomic mass is 32.1. The smallest absolute Gasteiger partial charge is 0.411 e.